The molecule has 0 aromatic heterocycles. The molecule has 0 aliphatic carbocycles. The topological polar surface area (TPSA) is 58.4 Å². The van der Waals surface area contributed by atoms with Gasteiger partial charge in [-0.3, -0.25) is 9.69 Å². The SMILES string of the molecule is Cl.Cl.NCC(=O)Nc1cccc(CN2CCCCC2)c1. The molecule has 1 aliphatic heterocycles. The summed E-state index contributed by atoms with van der Waals surface area (Å²) in [5, 5.41) is 2.79. The van der Waals surface area contributed by atoms with Crippen LogP contribution in [0.15, 0.2) is 24.3 Å². The van der Waals surface area contributed by atoms with Crippen LogP contribution < -0.4 is 11.1 Å². The molecule has 0 radical (unpaired) electrons. The van der Waals surface area contributed by atoms with Gasteiger partial charge in [-0.1, -0.05) is 18.6 Å². The highest BCUT2D eigenvalue weighted by Gasteiger charge is 2.10. The molecule has 20 heavy (non-hydrogen) atoms. The molecule has 6 heteroatoms. The largest absolute Gasteiger partial charge is 0.325 e. The Morgan fingerprint density at radius 1 is 1.20 bits per heavy atom. The number of likely N-dealkylation sites (tertiary alicyclic amines) is 1. The van der Waals surface area contributed by atoms with Crippen LogP contribution in [0.2, 0.25) is 0 Å². The summed E-state index contributed by atoms with van der Waals surface area (Å²) in [5.74, 6) is -0.148. The molecule has 1 saturated heterocycles. The average Bonchev–Trinajstić information content (AvgIpc) is 2.40. The summed E-state index contributed by atoms with van der Waals surface area (Å²) in [6, 6.07) is 8.01. The van der Waals surface area contributed by atoms with Crippen molar-refractivity contribution in [3.8, 4) is 0 Å². The van der Waals surface area contributed by atoms with E-state index in [-0.39, 0.29) is 37.3 Å². The number of carbonyl (C=O) groups is 1. The molecule has 0 unspecified atom stereocenters. The lowest BCUT2D eigenvalue weighted by atomic mass is 10.1. The van der Waals surface area contributed by atoms with E-state index >= 15 is 0 Å². The van der Waals surface area contributed by atoms with Crippen molar-refractivity contribution in [2.45, 2.75) is 25.8 Å². The standard InChI is InChI=1S/C14H21N3O.2ClH/c15-10-14(18)16-13-6-4-5-12(9-13)11-17-7-2-1-3-8-17;;/h4-6,9H,1-3,7-8,10-11,15H2,(H,16,18);2*1H. The molecule has 1 fully saturated rings. The van der Waals surface area contributed by atoms with Gasteiger partial charge in [-0.25, -0.2) is 0 Å². The van der Waals surface area contributed by atoms with Crippen LogP contribution in [0.3, 0.4) is 0 Å². The number of hydrogen-bond donors (Lipinski definition) is 2. The second-order valence-corrected chi connectivity index (χ2v) is 4.79. The van der Waals surface area contributed by atoms with Crippen LogP contribution in [0, 0.1) is 0 Å². The molecule has 2 rings (SSSR count). The lowest BCUT2D eigenvalue weighted by Gasteiger charge is -2.26. The Kier molecular flexibility index (Phi) is 9.59. The lowest BCUT2D eigenvalue weighted by molar-refractivity contribution is -0.114. The average molecular weight is 320 g/mol. The summed E-state index contributed by atoms with van der Waals surface area (Å²) in [7, 11) is 0. The number of benzene rings is 1. The molecule has 1 aromatic rings. The minimum atomic E-state index is -0.148. The Labute approximate surface area is 132 Å². The van der Waals surface area contributed by atoms with Crippen molar-refractivity contribution in [3.05, 3.63) is 29.8 Å². The number of anilines is 1. The van der Waals surface area contributed by atoms with E-state index in [1.807, 2.05) is 18.2 Å². The first kappa shape index (κ1) is 19.2. The molecule has 1 amide bonds. The predicted octanol–water partition coefficient (Wildman–Crippen LogP) is 2.41. The molecule has 1 aliphatic rings. The minimum absolute atomic E-state index is 0. The van der Waals surface area contributed by atoms with Crippen molar-refractivity contribution in [2.75, 3.05) is 25.0 Å². The Hall–Kier alpha value is -0.810. The molecule has 0 spiro atoms. The summed E-state index contributed by atoms with van der Waals surface area (Å²) in [6.45, 7) is 3.35. The molecule has 114 valence electrons. The molecule has 0 bridgehead atoms. The monoisotopic (exact) mass is 319 g/mol. The number of halogens is 2. The van der Waals surface area contributed by atoms with E-state index < -0.39 is 0 Å². The molecular weight excluding hydrogens is 297 g/mol. The van der Waals surface area contributed by atoms with Crippen molar-refractivity contribution >= 4 is 36.4 Å². The second kappa shape index (κ2) is 10.00. The van der Waals surface area contributed by atoms with E-state index in [0.29, 0.717) is 0 Å². The van der Waals surface area contributed by atoms with E-state index in [1.165, 1.54) is 37.9 Å². The maximum absolute atomic E-state index is 11.2. The predicted molar refractivity (Wildman–Crippen MR) is 87.8 cm³/mol. The van der Waals surface area contributed by atoms with Gasteiger partial charge in [0.05, 0.1) is 6.54 Å². The molecule has 4 nitrogen and oxygen atoms in total. The second-order valence-electron chi connectivity index (χ2n) is 4.79. The number of nitrogens with one attached hydrogen (secondary N) is 1. The van der Waals surface area contributed by atoms with Crippen LogP contribution in [0.4, 0.5) is 5.69 Å². The van der Waals surface area contributed by atoms with Gasteiger partial charge in [-0.15, -0.1) is 24.8 Å². The van der Waals surface area contributed by atoms with Crippen LogP contribution in [-0.4, -0.2) is 30.4 Å². The fourth-order valence-electron chi connectivity index (χ4n) is 2.34. The fraction of sp³-hybridized carbons (Fsp3) is 0.500. The Morgan fingerprint density at radius 2 is 1.90 bits per heavy atom. The summed E-state index contributed by atoms with van der Waals surface area (Å²) >= 11 is 0. The number of amides is 1. The van der Waals surface area contributed by atoms with Gasteiger partial charge in [0.1, 0.15) is 0 Å². The van der Waals surface area contributed by atoms with Crippen molar-refractivity contribution in [3.63, 3.8) is 0 Å². The van der Waals surface area contributed by atoms with Crippen molar-refractivity contribution in [2.24, 2.45) is 5.73 Å². The van der Waals surface area contributed by atoms with Gasteiger partial charge >= 0.3 is 0 Å². The van der Waals surface area contributed by atoms with Crippen molar-refractivity contribution < 1.29 is 4.79 Å². The summed E-state index contributed by atoms with van der Waals surface area (Å²) < 4.78 is 0. The normalized spacial score (nSPS) is 14.8. The summed E-state index contributed by atoms with van der Waals surface area (Å²) in [6.07, 6.45) is 3.94. The zero-order valence-electron chi connectivity index (χ0n) is 11.5. The first-order chi connectivity index (χ1) is 8.78. The number of piperidine rings is 1. The maximum atomic E-state index is 11.2. The van der Waals surface area contributed by atoms with E-state index in [4.69, 9.17) is 5.73 Å². The van der Waals surface area contributed by atoms with Gasteiger partial charge in [0.15, 0.2) is 0 Å². The van der Waals surface area contributed by atoms with E-state index in [1.54, 1.807) is 0 Å². The van der Waals surface area contributed by atoms with Gasteiger partial charge in [-0.05, 0) is 43.6 Å². The first-order valence-corrected chi connectivity index (χ1v) is 6.59. The smallest absolute Gasteiger partial charge is 0.238 e. The van der Waals surface area contributed by atoms with Crippen molar-refractivity contribution in [1.29, 1.82) is 0 Å². The quantitative estimate of drug-likeness (QED) is 0.896. The van der Waals surface area contributed by atoms with E-state index in [2.05, 4.69) is 16.3 Å². The number of hydrogen-bond acceptors (Lipinski definition) is 3. The highest BCUT2D eigenvalue weighted by atomic mass is 35.5. The zero-order chi connectivity index (χ0) is 12.8. The van der Waals surface area contributed by atoms with Crippen LogP contribution >= 0.6 is 24.8 Å². The van der Waals surface area contributed by atoms with Gasteiger partial charge in [0, 0.05) is 12.2 Å². The van der Waals surface area contributed by atoms with Gasteiger partial charge in [0.25, 0.3) is 0 Å². The number of rotatable bonds is 4. The number of nitrogens with two attached hydrogens (primary N) is 1. The Morgan fingerprint density at radius 3 is 2.55 bits per heavy atom. The van der Waals surface area contributed by atoms with Crippen LogP contribution in [0.5, 0.6) is 0 Å². The summed E-state index contributed by atoms with van der Waals surface area (Å²) in [5.41, 5.74) is 7.36. The molecule has 1 aromatic carbocycles. The maximum Gasteiger partial charge on any atom is 0.238 e. The van der Waals surface area contributed by atoms with Crippen LogP contribution in [-0.2, 0) is 11.3 Å². The minimum Gasteiger partial charge on any atom is -0.325 e. The van der Waals surface area contributed by atoms with Crippen LogP contribution in [0.25, 0.3) is 0 Å². The molecule has 0 saturated carbocycles. The first-order valence-electron chi connectivity index (χ1n) is 6.59. The molecule has 3 N–H and O–H groups in total. The third-order valence-electron chi connectivity index (χ3n) is 3.25. The van der Waals surface area contributed by atoms with Crippen molar-refractivity contribution in [1.82, 2.24) is 4.90 Å². The number of nitrogens with zero attached hydrogens (tertiary/aromatic N) is 1. The van der Waals surface area contributed by atoms with Crippen LogP contribution in [0.1, 0.15) is 24.8 Å². The van der Waals surface area contributed by atoms with Gasteiger partial charge in [0.2, 0.25) is 5.91 Å². The fourth-order valence-corrected chi connectivity index (χ4v) is 2.34. The zero-order valence-corrected chi connectivity index (χ0v) is 13.1. The lowest BCUT2D eigenvalue weighted by Crippen LogP contribution is -2.29. The number of carbonyl (C=O) groups excluding carboxylic acids is 1. The van der Waals surface area contributed by atoms with E-state index in [0.717, 1.165) is 12.2 Å². The molecular formula is C14H23Cl2N3O. The molecule has 0 atom stereocenters. The molecule has 1 heterocycles. The third-order valence-corrected chi connectivity index (χ3v) is 3.25. The highest BCUT2D eigenvalue weighted by Crippen LogP contribution is 2.16. The summed E-state index contributed by atoms with van der Waals surface area (Å²) in [4.78, 5) is 13.7. The van der Waals surface area contributed by atoms with Gasteiger partial charge < -0.3 is 11.1 Å². The highest BCUT2D eigenvalue weighted by molar-refractivity contribution is 5.92. The Balaban J connectivity index is 0.00000180. The Bertz CT molecular complexity index is 409. The van der Waals surface area contributed by atoms with E-state index in [9.17, 15) is 4.79 Å². The van der Waals surface area contributed by atoms with Gasteiger partial charge in [-0.2, -0.15) is 0 Å². The third kappa shape index (κ3) is 6.09.